The Labute approximate surface area is 186 Å². The molecule has 0 aromatic heterocycles. The normalized spacial score (nSPS) is 10.8. The van der Waals surface area contributed by atoms with E-state index in [1.54, 1.807) is 6.07 Å². The summed E-state index contributed by atoms with van der Waals surface area (Å²) in [6.45, 7) is 4.10. The van der Waals surface area contributed by atoms with Crippen LogP contribution in [0.1, 0.15) is 23.6 Å². The van der Waals surface area contributed by atoms with Gasteiger partial charge in [-0.2, -0.15) is 0 Å². The van der Waals surface area contributed by atoms with E-state index >= 15 is 0 Å². The Morgan fingerprint density at radius 1 is 0.759 bits per heavy atom. The van der Waals surface area contributed by atoms with E-state index in [4.69, 9.17) is 44.3 Å². The van der Waals surface area contributed by atoms with E-state index < -0.39 is 0 Å². The Balaban J connectivity index is 1.68. The maximum Gasteiger partial charge on any atom is 0.163 e. The van der Waals surface area contributed by atoms with Crippen molar-refractivity contribution in [2.75, 3.05) is 6.61 Å². The van der Waals surface area contributed by atoms with Crippen molar-refractivity contribution in [3.63, 3.8) is 0 Å². The molecule has 0 aliphatic heterocycles. The molecule has 0 bridgehead atoms. The zero-order valence-electron chi connectivity index (χ0n) is 16.1. The maximum absolute atomic E-state index is 6.50. The third-order valence-corrected chi connectivity index (χ3v) is 5.28. The van der Waals surface area contributed by atoms with Gasteiger partial charge in [0.25, 0.3) is 0 Å². The first-order valence-corrected chi connectivity index (χ1v) is 10.5. The van der Waals surface area contributed by atoms with Crippen LogP contribution < -0.4 is 14.8 Å². The second-order valence-corrected chi connectivity index (χ2v) is 7.68. The number of rotatable bonds is 9. The van der Waals surface area contributed by atoms with Gasteiger partial charge in [0.05, 0.1) is 6.61 Å². The second-order valence-electron chi connectivity index (χ2n) is 6.43. The summed E-state index contributed by atoms with van der Waals surface area (Å²) in [7, 11) is 0. The van der Waals surface area contributed by atoms with Gasteiger partial charge in [-0.1, -0.05) is 65.1 Å². The van der Waals surface area contributed by atoms with Crippen LogP contribution in [0.4, 0.5) is 0 Å². The van der Waals surface area contributed by atoms with Crippen molar-refractivity contribution in [2.45, 2.75) is 26.6 Å². The SMILES string of the molecule is CCOc1cc(CNCc2ccccc2Cl)c(Cl)cc1OCc1ccc(Cl)cc1. The van der Waals surface area contributed by atoms with Gasteiger partial charge in [-0.3, -0.25) is 0 Å². The molecule has 0 heterocycles. The van der Waals surface area contributed by atoms with Gasteiger partial charge in [-0.05, 0) is 47.9 Å². The number of halogens is 3. The van der Waals surface area contributed by atoms with Gasteiger partial charge >= 0.3 is 0 Å². The van der Waals surface area contributed by atoms with Gasteiger partial charge in [0.1, 0.15) is 6.61 Å². The molecule has 29 heavy (non-hydrogen) atoms. The molecule has 1 N–H and O–H groups in total. The van der Waals surface area contributed by atoms with E-state index in [9.17, 15) is 0 Å². The van der Waals surface area contributed by atoms with Crippen LogP contribution in [0.25, 0.3) is 0 Å². The summed E-state index contributed by atoms with van der Waals surface area (Å²) in [6, 6.07) is 19.0. The van der Waals surface area contributed by atoms with Crippen molar-refractivity contribution in [2.24, 2.45) is 0 Å². The Morgan fingerprint density at radius 3 is 2.17 bits per heavy atom. The summed E-state index contributed by atoms with van der Waals surface area (Å²) in [5, 5.41) is 5.43. The Morgan fingerprint density at radius 2 is 1.45 bits per heavy atom. The average Bonchev–Trinajstić information content (AvgIpc) is 2.71. The third-order valence-electron chi connectivity index (χ3n) is 4.31. The molecule has 3 aromatic carbocycles. The first-order valence-electron chi connectivity index (χ1n) is 9.33. The Hall–Kier alpha value is -1.91. The van der Waals surface area contributed by atoms with Crippen molar-refractivity contribution >= 4 is 34.8 Å². The van der Waals surface area contributed by atoms with Crippen LogP contribution in [0, 0.1) is 0 Å². The topological polar surface area (TPSA) is 30.5 Å². The fourth-order valence-electron chi connectivity index (χ4n) is 2.81. The third kappa shape index (κ3) is 6.28. The molecule has 3 rings (SSSR count). The van der Waals surface area contributed by atoms with Crippen LogP contribution in [-0.4, -0.2) is 6.61 Å². The van der Waals surface area contributed by atoms with Gasteiger partial charge in [0.2, 0.25) is 0 Å². The molecule has 0 unspecified atom stereocenters. The van der Waals surface area contributed by atoms with Crippen LogP contribution in [0.5, 0.6) is 11.5 Å². The average molecular weight is 451 g/mol. The summed E-state index contributed by atoms with van der Waals surface area (Å²) in [5.74, 6) is 1.28. The highest BCUT2D eigenvalue weighted by atomic mass is 35.5. The lowest BCUT2D eigenvalue weighted by Gasteiger charge is -2.15. The quantitative estimate of drug-likeness (QED) is 0.384. The molecule has 0 aliphatic carbocycles. The van der Waals surface area contributed by atoms with E-state index in [1.807, 2.05) is 61.5 Å². The molecule has 0 amide bonds. The van der Waals surface area contributed by atoms with Crippen LogP contribution in [0.3, 0.4) is 0 Å². The van der Waals surface area contributed by atoms with Crippen LogP contribution in [0.15, 0.2) is 60.7 Å². The molecule has 0 radical (unpaired) electrons. The van der Waals surface area contributed by atoms with Crippen molar-refractivity contribution in [1.82, 2.24) is 5.32 Å². The number of benzene rings is 3. The van der Waals surface area contributed by atoms with E-state index in [1.165, 1.54) is 0 Å². The van der Waals surface area contributed by atoms with E-state index in [0.717, 1.165) is 21.7 Å². The van der Waals surface area contributed by atoms with Crippen molar-refractivity contribution in [3.05, 3.63) is 92.4 Å². The monoisotopic (exact) mass is 449 g/mol. The minimum absolute atomic E-state index is 0.400. The minimum Gasteiger partial charge on any atom is -0.490 e. The maximum atomic E-state index is 6.50. The summed E-state index contributed by atoms with van der Waals surface area (Å²) < 4.78 is 11.7. The molecular weight excluding hydrogens is 429 g/mol. The largest absolute Gasteiger partial charge is 0.490 e. The van der Waals surface area contributed by atoms with Crippen LogP contribution >= 0.6 is 34.8 Å². The summed E-state index contributed by atoms with van der Waals surface area (Å²) >= 11 is 18.6. The predicted molar refractivity (Wildman–Crippen MR) is 120 cm³/mol. The van der Waals surface area contributed by atoms with Gasteiger partial charge in [0, 0.05) is 34.2 Å². The van der Waals surface area contributed by atoms with Gasteiger partial charge in [-0.25, -0.2) is 0 Å². The molecule has 152 valence electrons. The van der Waals surface area contributed by atoms with Gasteiger partial charge in [0.15, 0.2) is 11.5 Å². The minimum atomic E-state index is 0.400. The van der Waals surface area contributed by atoms with Crippen molar-refractivity contribution in [3.8, 4) is 11.5 Å². The van der Waals surface area contributed by atoms with Crippen molar-refractivity contribution in [1.29, 1.82) is 0 Å². The molecule has 0 aliphatic rings. The second kappa shape index (κ2) is 10.7. The van der Waals surface area contributed by atoms with E-state index in [2.05, 4.69) is 5.32 Å². The van der Waals surface area contributed by atoms with Gasteiger partial charge in [-0.15, -0.1) is 0 Å². The Kier molecular flexibility index (Phi) is 8.08. The smallest absolute Gasteiger partial charge is 0.163 e. The molecule has 0 atom stereocenters. The fourth-order valence-corrected chi connectivity index (χ4v) is 3.36. The van der Waals surface area contributed by atoms with Gasteiger partial charge < -0.3 is 14.8 Å². The number of ether oxygens (including phenoxy) is 2. The standard InChI is InChI=1S/C23H22Cl3NO2/c1-2-28-22-11-18(14-27-13-17-5-3-4-6-20(17)25)21(26)12-23(22)29-15-16-7-9-19(24)10-8-16/h3-12,27H,2,13-15H2,1H3. The summed E-state index contributed by atoms with van der Waals surface area (Å²) in [4.78, 5) is 0. The number of hydrogen-bond acceptors (Lipinski definition) is 3. The molecule has 0 saturated heterocycles. The lowest BCUT2D eigenvalue weighted by Crippen LogP contribution is -2.13. The van der Waals surface area contributed by atoms with Crippen molar-refractivity contribution < 1.29 is 9.47 Å². The van der Waals surface area contributed by atoms with E-state index in [0.29, 0.717) is 47.8 Å². The molecule has 0 saturated carbocycles. The Bertz CT molecular complexity index is 945. The molecule has 3 aromatic rings. The molecular formula is C23H22Cl3NO2. The zero-order valence-corrected chi connectivity index (χ0v) is 18.3. The first-order chi connectivity index (χ1) is 14.1. The first kappa shape index (κ1) is 21.8. The molecule has 0 fully saturated rings. The van der Waals surface area contributed by atoms with E-state index in [-0.39, 0.29) is 0 Å². The van der Waals surface area contributed by atoms with Crippen LogP contribution in [0.2, 0.25) is 15.1 Å². The highest BCUT2D eigenvalue weighted by Gasteiger charge is 2.12. The number of nitrogens with one attached hydrogen (secondary N) is 1. The molecule has 0 spiro atoms. The van der Waals surface area contributed by atoms with Crippen LogP contribution in [-0.2, 0) is 19.7 Å². The summed E-state index contributed by atoms with van der Waals surface area (Å²) in [6.07, 6.45) is 0. The highest BCUT2D eigenvalue weighted by molar-refractivity contribution is 6.32. The lowest BCUT2D eigenvalue weighted by atomic mass is 10.1. The zero-order chi connectivity index (χ0) is 20.6. The summed E-state index contributed by atoms with van der Waals surface area (Å²) in [5.41, 5.74) is 2.98. The lowest BCUT2D eigenvalue weighted by molar-refractivity contribution is 0.269. The molecule has 3 nitrogen and oxygen atoms in total. The predicted octanol–water partition coefficient (Wildman–Crippen LogP) is 6.91. The number of hydrogen-bond donors (Lipinski definition) is 1. The highest BCUT2D eigenvalue weighted by Crippen LogP contribution is 2.34. The molecule has 6 heteroatoms. The fraction of sp³-hybridized carbons (Fsp3) is 0.217.